The van der Waals surface area contributed by atoms with Crippen LogP contribution in [0.25, 0.3) is 0 Å². The van der Waals surface area contributed by atoms with Crippen LogP contribution in [-0.4, -0.2) is 6.61 Å². The van der Waals surface area contributed by atoms with Crippen LogP contribution in [0.5, 0.6) is 0 Å². The Morgan fingerprint density at radius 1 is 1.44 bits per heavy atom. The predicted molar refractivity (Wildman–Crippen MR) is 35.8 cm³/mol. The minimum absolute atomic E-state index is 0.524. The Balaban J connectivity index is 1.97. The largest absolute Gasteiger partial charge is 0.371 e. The second kappa shape index (κ2) is 1.72. The maximum atomic E-state index is 5.50. The molecule has 9 heavy (non-hydrogen) atoms. The van der Waals surface area contributed by atoms with Gasteiger partial charge in [-0.05, 0) is 31.1 Å². The van der Waals surface area contributed by atoms with Gasteiger partial charge in [-0.1, -0.05) is 6.92 Å². The molecule has 2 fully saturated rings. The van der Waals surface area contributed by atoms with Gasteiger partial charge in [0.1, 0.15) is 6.10 Å². The monoisotopic (exact) mass is 125 g/mol. The Hall–Kier alpha value is -0.0400. The minimum Gasteiger partial charge on any atom is -0.371 e. The number of hydrogen-bond donors (Lipinski definition) is 0. The van der Waals surface area contributed by atoms with Gasteiger partial charge in [0, 0.05) is 6.61 Å². The van der Waals surface area contributed by atoms with E-state index in [1.165, 1.54) is 31.8 Å². The van der Waals surface area contributed by atoms with Gasteiger partial charge in [-0.25, -0.2) is 0 Å². The summed E-state index contributed by atoms with van der Waals surface area (Å²) in [6, 6.07) is 0. The van der Waals surface area contributed by atoms with E-state index in [-0.39, 0.29) is 0 Å². The van der Waals surface area contributed by atoms with E-state index in [1.807, 2.05) is 0 Å². The van der Waals surface area contributed by atoms with Crippen molar-refractivity contribution < 1.29 is 4.74 Å². The van der Waals surface area contributed by atoms with Crippen LogP contribution in [-0.2, 0) is 4.74 Å². The molecule has 51 valence electrons. The van der Waals surface area contributed by atoms with Crippen molar-refractivity contribution in [2.24, 2.45) is 5.41 Å². The molecule has 0 unspecified atom stereocenters. The van der Waals surface area contributed by atoms with Gasteiger partial charge in [-0.2, -0.15) is 0 Å². The second-order valence-electron chi connectivity index (χ2n) is 3.44. The molecule has 1 heteroatoms. The highest BCUT2D eigenvalue weighted by Crippen LogP contribution is 2.56. The summed E-state index contributed by atoms with van der Waals surface area (Å²) in [5, 5.41) is 0. The topological polar surface area (TPSA) is 9.23 Å². The molecular formula is C8H13O. The fourth-order valence-electron chi connectivity index (χ4n) is 1.44. The van der Waals surface area contributed by atoms with Gasteiger partial charge in [0.25, 0.3) is 0 Å². The van der Waals surface area contributed by atoms with Crippen LogP contribution in [0.15, 0.2) is 0 Å². The van der Waals surface area contributed by atoms with Crippen molar-refractivity contribution in [2.75, 3.05) is 6.61 Å². The molecule has 0 aromatic heterocycles. The summed E-state index contributed by atoms with van der Waals surface area (Å²) in [4.78, 5) is 0. The molecule has 1 radical (unpaired) electrons. The van der Waals surface area contributed by atoms with Gasteiger partial charge < -0.3 is 4.74 Å². The molecule has 1 saturated carbocycles. The first kappa shape index (κ1) is 5.72. The first-order valence-electron chi connectivity index (χ1n) is 3.80. The fraction of sp³-hybridized carbons (Fsp3) is 0.875. The van der Waals surface area contributed by atoms with Crippen LogP contribution in [0.2, 0.25) is 0 Å². The quantitative estimate of drug-likeness (QED) is 0.521. The van der Waals surface area contributed by atoms with E-state index in [0.717, 1.165) is 6.61 Å². The van der Waals surface area contributed by atoms with Gasteiger partial charge in [0.15, 0.2) is 0 Å². The lowest BCUT2D eigenvalue weighted by molar-refractivity contribution is 0.151. The van der Waals surface area contributed by atoms with E-state index in [9.17, 15) is 0 Å². The minimum atomic E-state index is 0.524. The molecule has 0 amide bonds. The average molecular weight is 125 g/mol. The van der Waals surface area contributed by atoms with Gasteiger partial charge >= 0.3 is 0 Å². The van der Waals surface area contributed by atoms with Crippen LogP contribution >= 0.6 is 0 Å². The molecule has 0 aromatic carbocycles. The lowest BCUT2D eigenvalue weighted by Crippen LogP contribution is -2.07. The number of ether oxygens (including phenoxy) is 1. The first-order chi connectivity index (χ1) is 4.31. The van der Waals surface area contributed by atoms with Crippen LogP contribution in [0, 0.1) is 11.5 Å². The van der Waals surface area contributed by atoms with Crippen molar-refractivity contribution in [3.63, 3.8) is 0 Å². The fourth-order valence-corrected chi connectivity index (χ4v) is 1.44. The van der Waals surface area contributed by atoms with E-state index in [2.05, 4.69) is 6.92 Å². The first-order valence-corrected chi connectivity index (χ1v) is 3.80. The van der Waals surface area contributed by atoms with Crippen molar-refractivity contribution in [3.8, 4) is 0 Å². The van der Waals surface area contributed by atoms with Gasteiger partial charge in [-0.3, -0.25) is 0 Å². The van der Waals surface area contributed by atoms with Crippen molar-refractivity contribution in [2.45, 2.75) is 32.6 Å². The third-order valence-corrected chi connectivity index (χ3v) is 2.50. The summed E-state index contributed by atoms with van der Waals surface area (Å²) in [6.45, 7) is 3.29. The summed E-state index contributed by atoms with van der Waals surface area (Å²) in [7, 11) is 0. The van der Waals surface area contributed by atoms with Crippen molar-refractivity contribution in [3.05, 3.63) is 6.10 Å². The molecule has 1 heterocycles. The Morgan fingerprint density at radius 2 is 2.22 bits per heavy atom. The predicted octanol–water partition coefficient (Wildman–Crippen LogP) is 2.13. The maximum absolute atomic E-state index is 5.50. The van der Waals surface area contributed by atoms with Crippen molar-refractivity contribution in [1.82, 2.24) is 0 Å². The highest BCUT2D eigenvalue weighted by atomic mass is 16.5. The number of hydrogen-bond acceptors (Lipinski definition) is 1. The molecular weight excluding hydrogens is 112 g/mol. The molecule has 2 aliphatic rings. The van der Waals surface area contributed by atoms with Crippen LogP contribution in [0.4, 0.5) is 0 Å². The van der Waals surface area contributed by atoms with Crippen LogP contribution in [0.1, 0.15) is 32.6 Å². The zero-order chi connectivity index (χ0) is 6.32. The van der Waals surface area contributed by atoms with Crippen molar-refractivity contribution >= 4 is 0 Å². The van der Waals surface area contributed by atoms with E-state index in [1.54, 1.807) is 0 Å². The summed E-state index contributed by atoms with van der Waals surface area (Å²) in [5.74, 6) is 0. The zero-order valence-corrected chi connectivity index (χ0v) is 5.94. The van der Waals surface area contributed by atoms with Gasteiger partial charge in [-0.15, -0.1) is 0 Å². The third-order valence-electron chi connectivity index (χ3n) is 2.50. The third kappa shape index (κ3) is 0.877. The Bertz CT molecular complexity index is 110. The molecule has 1 nitrogen and oxygen atoms in total. The smallest absolute Gasteiger partial charge is 0.103 e. The molecule has 0 aromatic rings. The molecule has 1 saturated heterocycles. The summed E-state index contributed by atoms with van der Waals surface area (Å²) < 4.78 is 5.50. The summed E-state index contributed by atoms with van der Waals surface area (Å²) >= 11 is 0. The standard InChI is InChI=1S/C8H13O/c1-8(4-5-8)7-3-2-6-9-7/h2-6H2,1H3. The Labute approximate surface area is 56.4 Å². The second-order valence-corrected chi connectivity index (χ2v) is 3.44. The molecule has 0 spiro atoms. The average Bonchev–Trinajstić information content (AvgIpc) is 2.46. The lowest BCUT2D eigenvalue weighted by Gasteiger charge is -2.14. The molecule has 2 rings (SSSR count). The normalized spacial score (nSPS) is 33.0. The SMILES string of the molecule is CC1([C]2CCCO2)CC1. The maximum Gasteiger partial charge on any atom is 0.103 e. The molecule has 1 aliphatic heterocycles. The van der Waals surface area contributed by atoms with E-state index < -0.39 is 0 Å². The highest BCUT2D eigenvalue weighted by molar-refractivity contribution is 5.08. The highest BCUT2D eigenvalue weighted by Gasteiger charge is 2.47. The van der Waals surface area contributed by atoms with Crippen LogP contribution < -0.4 is 0 Å². The Morgan fingerprint density at radius 3 is 2.67 bits per heavy atom. The van der Waals surface area contributed by atoms with Crippen molar-refractivity contribution in [1.29, 1.82) is 0 Å². The lowest BCUT2D eigenvalue weighted by atomic mass is 10.00. The molecule has 0 N–H and O–H groups in total. The summed E-state index contributed by atoms with van der Waals surface area (Å²) in [6.07, 6.45) is 6.61. The van der Waals surface area contributed by atoms with Gasteiger partial charge in [0.2, 0.25) is 0 Å². The van der Waals surface area contributed by atoms with E-state index >= 15 is 0 Å². The van der Waals surface area contributed by atoms with E-state index in [4.69, 9.17) is 4.74 Å². The number of rotatable bonds is 1. The Kier molecular flexibility index (Phi) is 1.10. The summed E-state index contributed by atoms with van der Waals surface area (Å²) in [5.41, 5.74) is 0.524. The van der Waals surface area contributed by atoms with E-state index in [0.29, 0.717) is 5.41 Å². The molecule has 1 aliphatic carbocycles. The zero-order valence-electron chi connectivity index (χ0n) is 5.94. The van der Waals surface area contributed by atoms with Gasteiger partial charge in [0.05, 0.1) is 0 Å². The molecule has 0 atom stereocenters. The van der Waals surface area contributed by atoms with Crippen LogP contribution in [0.3, 0.4) is 0 Å². The molecule has 0 bridgehead atoms.